The average Bonchev–Trinajstić information content (AvgIpc) is 2.45. The van der Waals surface area contributed by atoms with E-state index >= 15 is 0 Å². The van der Waals surface area contributed by atoms with Crippen LogP contribution in [0.5, 0.6) is 0 Å². The monoisotopic (exact) mass is 304 g/mol. The number of nitrogens with one attached hydrogen (secondary N) is 1. The first-order valence-corrected chi connectivity index (χ1v) is 9.58. The number of piperidine rings is 1. The van der Waals surface area contributed by atoms with Gasteiger partial charge in [-0.15, -0.1) is 0 Å². The molecular weight excluding hydrogens is 276 g/mol. The molecule has 0 spiro atoms. The molecule has 0 aliphatic carbocycles. The fraction of sp³-hybridized carbons (Fsp3) is 1.00. The van der Waals surface area contributed by atoms with Gasteiger partial charge in [0.25, 0.3) is 0 Å². The third-order valence-electron chi connectivity index (χ3n) is 4.65. The van der Waals surface area contributed by atoms with Gasteiger partial charge in [-0.3, -0.25) is 0 Å². The molecule has 6 heteroatoms. The van der Waals surface area contributed by atoms with Crippen LogP contribution in [-0.2, 0) is 14.8 Å². The molecule has 2 fully saturated rings. The Labute approximate surface area is 123 Å². The fourth-order valence-electron chi connectivity index (χ4n) is 3.23. The zero-order valence-electron chi connectivity index (χ0n) is 12.7. The Balaban J connectivity index is 1.75. The zero-order valence-corrected chi connectivity index (χ0v) is 13.5. The number of hydrogen-bond donors (Lipinski definition) is 1. The number of sulfonamides is 1. The Kier molecular flexibility index (Phi) is 5.84. The van der Waals surface area contributed by atoms with Gasteiger partial charge in [0.05, 0.1) is 6.26 Å². The summed E-state index contributed by atoms with van der Waals surface area (Å²) in [7, 11) is -3.03. The largest absolute Gasteiger partial charge is 0.381 e. The van der Waals surface area contributed by atoms with E-state index in [2.05, 4.69) is 12.2 Å². The molecule has 2 heterocycles. The second-order valence-electron chi connectivity index (χ2n) is 6.28. The predicted octanol–water partition coefficient (Wildman–Crippen LogP) is 1.06. The highest BCUT2D eigenvalue weighted by molar-refractivity contribution is 7.88. The van der Waals surface area contributed by atoms with Crippen molar-refractivity contribution in [2.45, 2.75) is 38.6 Å². The van der Waals surface area contributed by atoms with Crippen molar-refractivity contribution in [3.63, 3.8) is 0 Å². The van der Waals surface area contributed by atoms with Crippen LogP contribution in [0.1, 0.15) is 32.6 Å². The average molecular weight is 304 g/mol. The van der Waals surface area contributed by atoms with Crippen molar-refractivity contribution in [2.24, 2.45) is 11.8 Å². The van der Waals surface area contributed by atoms with Gasteiger partial charge in [0.2, 0.25) is 10.0 Å². The molecule has 0 saturated carbocycles. The highest BCUT2D eigenvalue weighted by atomic mass is 32.2. The molecule has 1 N–H and O–H groups in total. The normalized spacial score (nSPS) is 28.4. The maximum atomic E-state index is 11.6. The lowest BCUT2D eigenvalue weighted by atomic mass is 9.92. The van der Waals surface area contributed by atoms with Crippen molar-refractivity contribution >= 4 is 10.0 Å². The van der Waals surface area contributed by atoms with Gasteiger partial charge in [0.15, 0.2) is 0 Å². The van der Waals surface area contributed by atoms with Gasteiger partial charge in [-0.2, -0.15) is 0 Å². The smallest absolute Gasteiger partial charge is 0.211 e. The third-order valence-corrected chi connectivity index (χ3v) is 5.92. The van der Waals surface area contributed by atoms with Crippen LogP contribution in [-0.4, -0.2) is 57.9 Å². The Bertz CT molecular complexity index is 393. The molecule has 0 bridgehead atoms. The molecule has 2 aliphatic heterocycles. The summed E-state index contributed by atoms with van der Waals surface area (Å²) in [5.41, 5.74) is 0. The summed E-state index contributed by atoms with van der Waals surface area (Å²) in [6.45, 7) is 6.28. The highest BCUT2D eigenvalue weighted by Crippen LogP contribution is 2.21. The van der Waals surface area contributed by atoms with Crippen molar-refractivity contribution in [1.29, 1.82) is 0 Å². The minimum Gasteiger partial charge on any atom is -0.381 e. The first-order chi connectivity index (χ1) is 9.47. The molecule has 2 aliphatic rings. The van der Waals surface area contributed by atoms with E-state index in [4.69, 9.17) is 4.74 Å². The molecule has 5 nitrogen and oxygen atoms in total. The summed E-state index contributed by atoms with van der Waals surface area (Å²) in [6.07, 6.45) is 5.68. The maximum Gasteiger partial charge on any atom is 0.211 e. The summed E-state index contributed by atoms with van der Waals surface area (Å²) < 4.78 is 30.2. The van der Waals surface area contributed by atoms with Crippen molar-refractivity contribution in [3.8, 4) is 0 Å². The molecule has 0 aromatic carbocycles. The minimum absolute atomic E-state index is 0.445. The molecule has 0 amide bonds. The lowest BCUT2D eigenvalue weighted by Crippen LogP contribution is -2.45. The molecule has 2 rings (SSSR count). The number of nitrogens with zero attached hydrogens (tertiary/aromatic N) is 1. The van der Waals surface area contributed by atoms with E-state index < -0.39 is 10.0 Å². The van der Waals surface area contributed by atoms with Crippen molar-refractivity contribution in [3.05, 3.63) is 0 Å². The first kappa shape index (κ1) is 16.2. The summed E-state index contributed by atoms with van der Waals surface area (Å²) in [6, 6.07) is 0.493. The maximum absolute atomic E-state index is 11.6. The lowest BCUT2D eigenvalue weighted by Gasteiger charge is -2.33. The van der Waals surface area contributed by atoms with Crippen molar-refractivity contribution in [2.75, 3.05) is 39.1 Å². The van der Waals surface area contributed by atoms with E-state index in [-0.39, 0.29) is 0 Å². The Morgan fingerprint density at radius 2 is 2.00 bits per heavy atom. The van der Waals surface area contributed by atoms with E-state index in [1.807, 2.05) is 0 Å². The molecule has 2 atom stereocenters. The van der Waals surface area contributed by atoms with Gasteiger partial charge in [0.1, 0.15) is 0 Å². The molecule has 2 saturated heterocycles. The van der Waals surface area contributed by atoms with E-state index in [0.29, 0.717) is 31.0 Å². The van der Waals surface area contributed by atoms with E-state index in [1.165, 1.54) is 6.26 Å². The second kappa shape index (κ2) is 7.20. The standard InChI is InChI=1S/C14H28N2O3S/c1-12(14-5-8-19-9-6-14)15-10-13-4-3-7-16(11-13)20(2,17)18/h12-15H,3-11H2,1-2H3/t12-,13+/m1/s1. The van der Waals surface area contributed by atoms with Gasteiger partial charge >= 0.3 is 0 Å². The van der Waals surface area contributed by atoms with Crippen LogP contribution < -0.4 is 5.32 Å². The van der Waals surface area contributed by atoms with E-state index in [1.54, 1.807) is 4.31 Å². The SMILES string of the molecule is C[C@@H](NC[C@@H]1CCCN(S(C)(=O)=O)C1)C1CCOCC1. The molecule has 118 valence electrons. The van der Waals surface area contributed by atoms with Crippen molar-refractivity contribution < 1.29 is 13.2 Å². The van der Waals surface area contributed by atoms with Crippen LogP contribution in [0.15, 0.2) is 0 Å². The van der Waals surface area contributed by atoms with Crippen molar-refractivity contribution in [1.82, 2.24) is 9.62 Å². The summed E-state index contributed by atoms with van der Waals surface area (Å²) >= 11 is 0. The molecule has 20 heavy (non-hydrogen) atoms. The van der Waals surface area contributed by atoms with Crippen LogP contribution in [0, 0.1) is 11.8 Å². The van der Waals surface area contributed by atoms with Gasteiger partial charge in [-0.1, -0.05) is 0 Å². The zero-order chi connectivity index (χ0) is 14.6. The highest BCUT2D eigenvalue weighted by Gasteiger charge is 2.27. The lowest BCUT2D eigenvalue weighted by molar-refractivity contribution is 0.0551. The Morgan fingerprint density at radius 1 is 1.30 bits per heavy atom. The van der Waals surface area contributed by atoms with Crippen LogP contribution >= 0.6 is 0 Å². The van der Waals surface area contributed by atoms with Crippen LogP contribution in [0.4, 0.5) is 0 Å². The summed E-state index contributed by atoms with van der Waals surface area (Å²) in [5, 5.41) is 3.62. The molecule has 0 aromatic heterocycles. The predicted molar refractivity (Wildman–Crippen MR) is 80.1 cm³/mol. The van der Waals surface area contributed by atoms with Gasteiger partial charge < -0.3 is 10.1 Å². The summed E-state index contributed by atoms with van der Waals surface area (Å²) in [5.74, 6) is 1.14. The molecule has 0 radical (unpaired) electrons. The van der Waals surface area contributed by atoms with Gasteiger partial charge in [-0.25, -0.2) is 12.7 Å². The van der Waals surface area contributed by atoms with Gasteiger partial charge in [0, 0.05) is 32.3 Å². The van der Waals surface area contributed by atoms with Crippen LogP contribution in [0.3, 0.4) is 0 Å². The summed E-state index contributed by atoms with van der Waals surface area (Å²) in [4.78, 5) is 0. The van der Waals surface area contributed by atoms with Crippen LogP contribution in [0.25, 0.3) is 0 Å². The topological polar surface area (TPSA) is 58.6 Å². The minimum atomic E-state index is -3.03. The fourth-order valence-corrected chi connectivity index (χ4v) is 4.17. The molecule has 0 aromatic rings. The third kappa shape index (κ3) is 4.69. The number of ether oxygens (including phenoxy) is 1. The number of rotatable bonds is 5. The van der Waals surface area contributed by atoms with Crippen LogP contribution in [0.2, 0.25) is 0 Å². The quantitative estimate of drug-likeness (QED) is 0.825. The first-order valence-electron chi connectivity index (χ1n) is 7.73. The second-order valence-corrected chi connectivity index (χ2v) is 8.26. The number of hydrogen-bond acceptors (Lipinski definition) is 4. The van der Waals surface area contributed by atoms with E-state index in [9.17, 15) is 8.42 Å². The Morgan fingerprint density at radius 3 is 2.65 bits per heavy atom. The van der Waals surface area contributed by atoms with E-state index in [0.717, 1.165) is 45.4 Å². The Hall–Kier alpha value is -0.170. The molecular formula is C14H28N2O3S. The van der Waals surface area contributed by atoms with Gasteiger partial charge in [-0.05, 0) is 51.0 Å². The molecule has 0 unspecified atom stereocenters.